The minimum atomic E-state index is -0.689. The standard InChI is InChI=1S/C20H28N4O3/c1-20(2,15-25)22-19(26)17-14-27-18(21-17)13-24-10-8-23(9-11-24)12-16-6-4-3-5-7-16/h3-7,14,25H,8-13,15H2,1-2H3,(H,22,26). The highest BCUT2D eigenvalue weighted by atomic mass is 16.3. The van der Waals surface area contributed by atoms with Gasteiger partial charge in [0.25, 0.3) is 5.91 Å². The van der Waals surface area contributed by atoms with Gasteiger partial charge >= 0.3 is 0 Å². The van der Waals surface area contributed by atoms with Crippen LogP contribution in [0.2, 0.25) is 0 Å². The van der Waals surface area contributed by atoms with E-state index in [4.69, 9.17) is 4.42 Å². The molecule has 2 aromatic rings. The Morgan fingerprint density at radius 3 is 2.41 bits per heavy atom. The summed E-state index contributed by atoms with van der Waals surface area (Å²) >= 11 is 0. The van der Waals surface area contributed by atoms with Gasteiger partial charge in [-0.2, -0.15) is 0 Å². The van der Waals surface area contributed by atoms with Gasteiger partial charge in [-0.05, 0) is 19.4 Å². The van der Waals surface area contributed by atoms with Crippen molar-refractivity contribution in [3.05, 3.63) is 53.7 Å². The third-order valence-corrected chi connectivity index (χ3v) is 4.70. The Labute approximate surface area is 160 Å². The lowest BCUT2D eigenvalue weighted by Gasteiger charge is -2.34. The number of carbonyl (C=O) groups is 1. The van der Waals surface area contributed by atoms with Crippen molar-refractivity contribution in [1.82, 2.24) is 20.1 Å². The molecular formula is C20H28N4O3. The van der Waals surface area contributed by atoms with Crippen molar-refractivity contribution in [3.8, 4) is 0 Å². The van der Waals surface area contributed by atoms with Gasteiger partial charge in [0.1, 0.15) is 6.26 Å². The molecule has 1 saturated heterocycles. The summed E-state index contributed by atoms with van der Waals surface area (Å²) in [5, 5.41) is 12.0. The average Bonchev–Trinajstić information content (AvgIpc) is 3.13. The maximum absolute atomic E-state index is 12.2. The number of aromatic nitrogens is 1. The molecule has 7 heteroatoms. The first-order valence-corrected chi connectivity index (χ1v) is 9.31. The third-order valence-electron chi connectivity index (χ3n) is 4.70. The molecule has 1 aromatic heterocycles. The minimum Gasteiger partial charge on any atom is -0.447 e. The fraction of sp³-hybridized carbons (Fsp3) is 0.500. The summed E-state index contributed by atoms with van der Waals surface area (Å²) in [5.41, 5.74) is 0.889. The smallest absolute Gasteiger partial charge is 0.273 e. The highest BCUT2D eigenvalue weighted by Crippen LogP contribution is 2.12. The Bertz CT molecular complexity index is 737. The molecule has 0 atom stereocenters. The molecule has 146 valence electrons. The topological polar surface area (TPSA) is 81.8 Å². The average molecular weight is 372 g/mol. The van der Waals surface area contributed by atoms with E-state index in [1.807, 2.05) is 6.07 Å². The highest BCUT2D eigenvalue weighted by molar-refractivity contribution is 5.92. The van der Waals surface area contributed by atoms with E-state index in [1.165, 1.54) is 11.8 Å². The number of carbonyl (C=O) groups excluding carboxylic acids is 1. The lowest BCUT2D eigenvalue weighted by molar-refractivity contribution is 0.0864. The van der Waals surface area contributed by atoms with Gasteiger partial charge in [-0.15, -0.1) is 0 Å². The summed E-state index contributed by atoms with van der Waals surface area (Å²) in [5.74, 6) is 0.204. The zero-order chi connectivity index (χ0) is 19.3. The molecule has 0 radical (unpaired) electrons. The molecule has 0 saturated carbocycles. The quantitative estimate of drug-likeness (QED) is 0.766. The van der Waals surface area contributed by atoms with Gasteiger partial charge in [-0.1, -0.05) is 30.3 Å². The second-order valence-corrected chi connectivity index (χ2v) is 7.66. The molecule has 0 spiro atoms. The molecular weight excluding hydrogens is 344 g/mol. The lowest BCUT2D eigenvalue weighted by atomic mass is 10.1. The number of aliphatic hydroxyl groups is 1. The number of aliphatic hydroxyl groups excluding tert-OH is 1. The van der Waals surface area contributed by atoms with Gasteiger partial charge in [0, 0.05) is 32.7 Å². The van der Waals surface area contributed by atoms with E-state index < -0.39 is 5.54 Å². The van der Waals surface area contributed by atoms with Gasteiger partial charge in [0.15, 0.2) is 5.69 Å². The van der Waals surface area contributed by atoms with Gasteiger partial charge in [0.05, 0.1) is 18.7 Å². The van der Waals surface area contributed by atoms with Gasteiger partial charge in [-0.25, -0.2) is 4.98 Å². The number of amides is 1. The van der Waals surface area contributed by atoms with Gasteiger partial charge in [0.2, 0.25) is 5.89 Å². The van der Waals surface area contributed by atoms with Crippen LogP contribution >= 0.6 is 0 Å². The van der Waals surface area contributed by atoms with Crippen LogP contribution in [0.25, 0.3) is 0 Å². The SMILES string of the molecule is CC(C)(CO)NC(=O)c1coc(CN2CCN(Cc3ccccc3)CC2)n1. The highest BCUT2D eigenvalue weighted by Gasteiger charge is 2.23. The summed E-state index contributed by atoms with van der Waals surface area (Å²) in [6.07, 6.45) is 1.38. The van der Waals surface area contributed by atoms with Crippen molar-refractivity contribution in [1.29, 1.82) is 0 Å². The molecule has 3 rings (SSSR count). The Morgan fingerprint density at radius 1 is 1.15 bits per heavy atom. The zero-order valence-corrected chi connectivity index (χ0v) is 16.0. The predicted molar refractivity (Wildman–Crippen MR) is 102 cm³/mol. The maximum atomic E-state index is 12.2. The van der Waals surface area contributed by atoms with Crippen molar-refractivity contribution >= 4 is 5.91 Å². The lowest BCUT2D eigenvalue weighted by Crippen LogP contribution is -2.46. The van der Waals surface area contributed by atoms with Crippen molar-refractivity contribution in [2.24, 2.45) is 0 Å². The Kier molecular flexibility index (Phi) is 6.26. The molecule has 27 heavy (non-hydrogen) atoms. The molecule has 0 aliphatic carbocycles. The van der Waals surface area contributed by atoms with Crippen LogP contribution in [0.5, 0.6) is 0 Å². The Balaban J connectivity index is 1.47. The normalized spacial score (nSPS) is 16.4. The van der Waals surface area contributed by atoms with E-state index in [0.717, 1.165) is 32.7 Å². The zero-order valence-electron chi connectivity index (χ0n) is 16.0. The summed E-state index contributed by atoms with van der Waals surface area (Å²) in [4.78, 5) is 21.2. The molecule has 0 unspecified atom stereocenters. The molecule has 1 fully saturated rings. The van der Waals surface area contributed by atoms with Crippen molar-refractivity contribution in [2.75, 3.05) is 32.8 Å². The van der Waals surface area contributed by atoms with Crippen LogP contribution in [0.15, 0.2) is 41.0 Å². The van der Waals surface area contributed by atoms with Crippen molar-refractivity contribution < 1.29 is 14.3 Å². The van der Waals surface area contributed by atoms with Gasteiger partial charge < -0.3 is 14.8 Å². The first-order valence-electron chi connectivity index (χ1n) is 9.31. The first-order chi connectivity index (χ1) is 12.9. The fourth-order valence-corrected chi connectivity index (χ4v) is 3.04. The van der Waals surface area contributed by atoms with E-state index >= 15 is 0 Å². The largest absolute Gasteiger partial charge is 0.447 e. The van der Waals surface area contributed by atoms with Crippen LogP contribution in [0.4, 0.5) is 0 Å². The fourth-order valence-electron chi connectivity index (χ4n) is 3.04. The van der Waals surface area contributed by atoms with Crippen LogP contribution < -0.4 is 5.32 Å². The number of rotatable bonds is 7. The van der Waals surface area contributed by atoms with Crippen molar-refractivity contribution in [2.45, 2.75) is 32.5 Å². The molecule has 2 N–H and O–H groups in total. The number of oxazole rings is 1. The first kappa shape index (κ1) is 19.5. The van der Waals surface area contributed by atoms with E-state index in [0.29, 0.717) is 12.4 Å². The van der Waals surface area contributed by atoms with Crippen molar-refractivity contribution in [3.63, 3.8) is 0 Å². The van der Waals surface area contributed by atoms with Crippen LogP contribution in [-0.4, -0.2) is 64.1 Å². The summed E-state index contributed by atoms with van der Waals surface area (Å²) in [7, 11) is 0. The molecule has 1 amide bonds. The van der Waals surface area contributed by atoms with E-state index in [-0.39, 0.29) is 18.2 Å². The van der Waals surface area contributed by atoms with Crippen LogP contribution in [0.3, 0.4) is 0 Å². The molecule has 1 aromatic carbocycles. The van der Waals surface area contributed by atoms with Gasteiger partial charge in [-0.3, -0.25) is 14.6 Å². The third kappa shape index (κ3) is 5.63. The maximum Gasteiger partial charge on any atom is 0.273 e. The number of piperazine rings is 1. The second kappa shape index (κ2) is 8.65. The Morgan fingerprint density at radius 2 is 1.78 bits per heavy atom. The predicted octanol–water partition coefficient (Wildman–Crippen LogP) is 1.49. The van der Waals surface area contributed by atoms with E-state index in [1.54, 1.807) is 13.8 Å². The molecule has 1 aliphatic heterocycles. The van der Waals surface area contributed by atoms with Crippen LogP contribution in [0.1, 0.15) is 35.8 Å². The molecule has 2 heterocycles. The molecule has 1 aliphatic rings. The number of hydrogen-bond acceptors (Lipinski definition) is 6. The van der Waals surface area contributed by atoms with Crippen LogP contribution in [0, 0.1) is 0 Å². The van der Waals surface area contributed by atoms with Crippen LogP contribution in [-0.2, 0) is 13.1 Å². The number of nitrogens with zero attached hydrogens (tertiary/aromatic N) is 3. The summed E-state index contributed by atoms with van der Waals surface area (Å²) < 4.78 is 5.47. The summed E-state index contributed by atoms with van der Waals surface area (Å²) in [6, 6.07) is 10.5. The minimum absolute atomic E-state index is 0.142. The van der Waals surface area contributed by atoms with E-state index in [9.17, 15) is 9.90 Å². The number of hydrogen-bond donors (Lipinski definition) is 2. The molecule has 7 nitrogen and oxygen atoms in total. The molecule has 0 bridgehead atoms. The monoisotopic (exact) mass is 372 g/mol. The number of nitrogens with one attached hydrogen (secondary N) is 1. The number of benzene rings is 1. The summed E-state index contributed by atoms with van der Waals surface area (Å²) in [6.45, 7) is 8.79. The van der Waals surface area contributed by atoms with E-state index in [2.05, 4.69) is 44.4 Å². The second-order valence-electron chi connectivity index (χ2n) is 7.66. The Hall–Kier alpha value is -2.22.